The molecule has 1 heterocycles. The second-order valence-corrected chi connectivity index (χ2v) is 4.12. The van der Waals surface area contributed by atoms with Crippen LogP contribution in [0, 0.1) is 0 Å². The molecule has 4 heteroatoms. The number of benzene rings is 1. The predicted octanol–water partition coefficient (Wildman–Crippen LogP) is 3.33. The van der Waals surface area contributed by atoms with E-state index in [-0.39, 0.29) is 0 Å². The Kier molecular flexibility index (Phi) is 4.36. The maximum Gasteiger partial charge on any atom is 0.145 e. The van der Waals surface area contributed by atoms with E-state index < -0.39 is 6.10 Å². The average molecular weight is 259 g/mol. The molecule has 0 radical (unpaired) electrons. The van der Waals surface area contributed by atoms with Crippen LogP contribution in [0.25, 0.3) is 0 Å². The third kappa shape index (κ3) is 3.45. The smallest absolute Gasteiger partial charge is 0.145 e. The molecule has 0 unspecified atom stereocenters. The van der Waals surface area contributed by atoms with E-state index in [4.69, 9.17) is 9.47 Å². The van der Waals surface area contributed by atoms with E-state index in [1.165, 1.54) is 0 Å². The second kappa shape index (κ2) is 6.20. The zero-order valence-electron chi connectivity index (χ0n) is 11.0. The summed E-state index contributed by atoms with van der Waals surface area (Å²) in [6.07, 6.45) is 1.72. The summed E-state index contributed by atoms with van der Waals surface area (Å²) in [5, 5.41) is 9.66. The van der Waals surface area contributed by atoms with Gasteiger partial charge < -0.3 is 14.6 Å². The molecular formula is C15H17NO3. The monoisotopic (exact) mass is 259 g/mol. The Morgan fingerprint density at radius 3 is 2.58 bits per heavy atom. The van der Waals surface area contributed by atoms with Crippen molar-refractivity contribution < 1.29 is 14.6 Å². The van der Waals surface area contributed by atoms with Crippen LogP contribution < -0.4 is 9.47 Å². The molecule has 0 aliphatic rings. The van der Waals surface area contributed by atoms with Crippen LogP contribution in [0.1, 0.15) is 25.1 Å². The van der Waals surface area contributed by atoms with Gasteiger partial charge in [-0.25, -0.2) is 0 Å². The van der Waals surface area contributed by atoms with Crippen LogP contribution in [0.4, 0.5) is 0 Å². The van der Waals surface area contributed by atoms with Crippen LogP contribution >= 0.6 is 0 Å². The molecule has 1 aromatic heterocycles. The van der Waals surface area contributed by atoms with Crippen LogP contribution in [0.3, 0.4) is 0 Å². The topological polar surface area (TPSA) is 51.6 Å². The third-order valence-corrected chi connectivity index (χ3v) is 2.76. The van der Waals surface area contributed by atoms with Gasteiger partial charge in [0.2, 0.25) is 0 Å². The molecule has 19 heavy (non-hydrogen) atoms. The molecule has 2 rings (SSSR count). The molecule has 1 N–H and O–H groups in total. The largest absolute Gasteiger partial charge is 0.497 e. The number of ether oxygens (including phenoxy) is 2. The van der Waals surface area contributed by atoms with Gasteiger partial charge in [0.1, 0.15) is 17.2 Å². The molecule has 0 saturated carbocycles. The first kappa shape index (κ1) is 13.4. The fraction of sp³-hybridized carbons (Fsp3) is 0.267. The van der Waals surface area contributed by atoms with Crippen molar-refractivity contribution in [2.75, 3.05) is 7.11 Å². The number of methoxy groups -OCH3 is 1. The molecule has 1 atom stereocenters. The van der Waals surface area contributed by atoms with Gasteiger partial charge in [-0.1, -0.05) is 13.0 Å². The van der Waals surface area contributed by atoms with Crippen molar-refractivity contribution in [2.45, 2.75) is 19.4 Å². The lowest BCUT2D eigenvalue weighted by molar-refractivity contribution is 0.169. The second-order valence-electron chi connectivity index (χ2n) is 4.12. The van der Waals surface area contributed by atoms with E-state index in [1.807, 2.05) is 25.1 Å². The summed E-state index contributed by atoms with van der Waals surface area (Å²) in [6, 6.07) is 10.9. The molecule has 4 nitrogen and oxygen atoms in total. The zero-order valence-corrected chi connectivity index (χ0v) is 11.0. The third-order valence-electron chi connectivity index (χ3n) is 2.76. The van der Waals surface area contributed by atoms with Gasteiger partial charge in [-0.05, 0) is 30.7 Å². The minimum Gasteiger partial charge on any atom is -0.497 e. The van der Waals surface area contributed by atoms with Crippen molar-refractivity contribution in [3.63, 3.8) is 0 Å². The quantitative estimate of drug-likeness (QED) is 0.894. The number of hydrogen-bond donors (Lipinski definition) is 1. The molecule has 1 aromatic carbocycles. The van der Waals surface area contributed by atoms with Gasteiger partial charge in [-0.2, -0.15) is 0 Å². The highest BCUT2D eigenvalue weighted by atomic mass is 16.5. The fourth-order valence-corrected chi connectivity index (χ4v) is 1.66. The molecule has 2 aromatic rings. The number of aliphatic hydroxyl groups is 1. The number of pyridine rings is 1. The highest BCUT2D eigenvalue weighted by molar-refractivity contribution is 5.36. The predicted molar refractivity (Wildman–Crippen MR) is 72.6 cm³/mol. The van der Waals surface area contributed by atoms with Gasteiger partial charge in [-0.3, -0.25) is 4.98 Å². The highest BCUT2D eigenvalue weighted by Gasteiger charge is 2.06. The molecule has 0 fully saturated rings. The SMILES string of the molecule is CC[C@H](O)c1ccc(Oc2cccc(OC)c2)cn1. The maximum absolute atomic E-state index is 9.66. The summed E-state index contributed by atoms with van der Waals surface area (Å²) in [5.41, 5.74) is 0.653. The first-order valence-electron chi connectivity index (χ1n) is 6.19. The van der Waals surface area contributed by atoms with Gasteiger partial charge in [-0.15, -0.1) is 0 Å². The number of rotatable bonds is 5. The molecule has 0 spiro atoms. The van der Waals surface area contributed by atoms with Gasteiger partial charge in [0.05, 0.1) is 25.1 Å². The minimum atomic E-state index is -0.522. The number of hydrogen-bond acceptors (Lipinski definition) is 4. The van der Waals surface area contributed by atoms with Crippen molar-refractivity contribution in [3.8, 4) is 17.2 Å². The summed E-state index contributed by atoms with van der Waals surface area (Å²) < 4.78 is 10.8. The summed E-state index contributed by atoms with van der Waals surface area (Å²) in [6.45, 7) is 1.91. The lowest BCUT2D eigenvalue weighted by atomic mass is 10.2. The van der Waals surface area contributed by atoms with Crippen molar-refractivity contribution in [3.05, 3.63) is 48.3 Å². The van der Waals surface area contributed by atoms with E-state index in [2.05, 4.69) is 4.98 Å². The normalized spacial score (nSPS) is 11.9. The molecule has 0 aliphatic carbocycles. The van der Waals surface area contributed by atoms with Crippen LogP contribution in [0.5, 0.6) is 17.2 Å². The van der Waals surface area contributed by atoms with Gasteiger partial charge in [0.15, 0.2) is 0 Å². The Labute approximate surface area is 112 Å². The fourth-order valence-electron chi connectivity index (χ4n) is 1.66. The van der Waals surface area contributed by atoms with E-state index in [9.17, 15) is 5.11 Å². The number of nitrogens with zero attached hydrogens (tertiary/aromatic N) is 1. The average Bonchev–Trinajstić information content (AvgIpc) is 2.47. The van der Waals surface area contributed by atoms with Crippen molar-refractivity contribution in [1.82, 2.24) is 4.98 Å². The molecule has 100 valence electrons. The summed E-state index contributed by atoms with van der Waals surface area (Å²) in [7, 11) is 1.61. The summed E-state index contributed by atoms with van der Waals surface area (Å²) in [4.78, 5) is 4.18. The van der Waals surface area contributed by atoms with Gasteiger partial charge in [0.25, 0.3) is 0 Å². The standard InChI is InChI=1S/C15H17NO3/c1-3-15(17)14-8-7-13(10-16-14)19-12-6-4-5-11(9-12)18-2/h4-10,15,17H,3H2,1-2H3/t15-/m0/s1. The molecule has 0 aliphatic heterocycles. The van der Waals surface area contributed by atoms with Crippen LogP contribution in [-0.2, 0) is 0 Å². The number of aromatic nitrogens is 1. The van der Waals surface area contributed by atoms with Crippen molar-refractivity contribution in [1.29, 1.82) is 0 Å². The van der Waals surface area contributed by atoms with Gasteiger partial charge in [0, 0.05) is 6.07 Å². The molecular weight excluding hydrogens is 242 g/mol. The Bertz CT molecular complexity index is 525. The Hall–Kier alpha value is -2.07. The van der Waals surface area contributed by atoms with E-state index in [0.717, 1.165) is 5.75 Å². The summed E-state index contributed by atoms with van der Waals surface area (Å²) >= 11 is 0. The molecule has 0 amide bonds. The molecule has 0 bridgehead atoms. The first-order valence-corrected chi connectivity index (χ1v) is 6.19. The highest BCUT2D eigenvalue weighted by Crippen LogP contribution is 2.25. The summed E-state index contributed by atoms with van der Waals surface area (Å²) in [5.74, 6) is 2.05. The lowest BCUT2D eigenvalue weighted by Gasteiger charge is -2.09. The van der Waals surface area contributed by atoms with Crippen molar-refractivity contribution in [2.24, 2.45) is 0 Å². The van der Waals surface area contributed by atoms with E-state index in [0.29, 0.717) is 23.6 Å². The zero-order chi connectivity index (χ0) is 13.7. The van der Waals surface area contributed by atoms with Crippen molar-refractivity contribution >= 4 is 0 Å². The Morgan fingerprint density at radius 2 is 1.95 bits per heavy atom. The maximum atomic E-state index is 9.66. The Morgan fingerprint density at radius 1 is 1.16 bits per heavy atom. The first-order chi connectivity index (χ1) is 9.22. The van der Waals surface area contributed by atoms with E-state index >= 15 is 0 Å². The van der Waals surface area contributed by atoms with Crippen LogP contribution in [0.2, 0.25) is 0 Å². The lowest BCUT2D eigenvalue weighted by Crippen LogP contribution is -1.98. The van der Waals surface area contributed by atoms with Crippen LogP contribution in [0.15, 0.2) is 42.6 Å². The Balaban J connectivity index is 2.10. The minimum absolute atomic E-state index is 0.522. The van der Waals surface area contributed by atoms with E-state index in [1.54, 1.807) is 31.5 Å². The van der Waals surface area contributed by atoms with Crippen LogP contribution in [-0.4, -0.2) is 17.2 Å². The molecule has 0 saturated heterocycles. The van der Waals surface area contributed by atoms with Gasteiger partial charge >= 0.3 is 0 Å². The number of aliphatic hydroxyl groups excluding tert-OH is 1.